The van der Waals surface area contributed by atoms with Crippen LogP contribution in [0, 0.1) is 17.3 Å². The molecular formula is C19H36O3Si. The summed E-state index contributed by atoms with van der Waals surface area (Å²) in [6.45, 7) is 18.2. The van der Waals surface area contributed by atoms with E-state index in [9.17, 15) is 5.11 Å². The lowest BCUT2D eigenvalue weighted by atomic mass is 9.78. The van der Waals surface area contributed by atoms with Gasteiger partial charge in [0.05, 0.1) is 23.9 Å². The molecule has 2 bridgehead atoms. The van der Waals surface area contributed by atoms with Crippen LogP contribution in [0.25, 0.3) is 0 Å². The van der Waals surface area contributed by atoms with E-state index < -0.39 is 8.32 Å². The highest BCUT2D eigenvalue weighted by Gasteiger charge is 2.65. The van der Waals surface area contributed by atoms with Gasteiger partial charge < -0.3 is 14.3 Å². The lowest BCUT2D eigenvalue weighted by Gasteiger charge is -2.45. The Morgan fingerprint density at radius 2 is 1.74 bits per heavy atom. The van der Waals surface area contributed by atoms with E-state index in [1.807, 2.05) is 0 Å². The molecule has 1 aliphatic carbocycles. The third-order valence-electron chi connectivity index (χ3n) is 7.36. The summed E-state index contributed by atoms with van der Waals surface area (Å²) in [5.41, 5.74) is -0.195. The van der Waals surface area contributed by atoms with Crippen LogP contribution in [-0.4, -0.2) is 37.3 Å². The third-order valence-corrected chi connectivity index (χ3v) is 11.9. The van der Waals surface area contributed by atoms with Crippen molar-refractivity contribution in [2.45, 2.75) is 103 Å². The monoisotopic (exact) mass is 340 g/mol. The molecule has 0 unspecified atom stereocenters. The molecule has 134 valence electrons. The molecule has 0 radical (unpaired) electrons. The van der Waals surface area contributed by atoms with Gasteiger partial charge in [-0.05, 0) is 49.2 Å². The fraction of sp³-hybridized carbons (Fsp3) is 1.00. The molecule has 2 aliphatic heterocycles. The average Bonchev–Trinajstić information content (AvgIpc) is 2.68. The maximum Gasteiger partial charge on any atom is 0.192 e. The number of hydrogen-bond acceptors (Lipinski definition) is 3. The van der Waals surface area contributed by atoms with Crippen LogP contribution in [-0.2, 0) is 9.16 Å². The predicted molar refractivity (Wildman–Crippen MR) is 96.0 cm³/mol. The van der Waals surface area contributed by atoms with Gasteiger partial charge in [0, 0.05) is 12.3 Å². The van der Waals surface area contributed by atoms with Crippen molar-refractivity contribution in [3.63, 3.8) is 0 Å². The van der Waals surface area contributed by atoms with Crippen LogP contribution in [0.5, 0.6) is 0 Å². The zero-order valence-corrected chi connectivity index (χ0v) is 17.3. The van der Waals surface area contributed by atoms with Crippen LogP contribution in [0.15, 0.2) is 0 Å². The van der Waals surface area contributed by atoms with E-state index in [1.54, 1.807) is 0 Å². The number of hydrogen-bond donors (Lipinski definition) is 1. The fourth-order valence-electron chi connectivity index (χ4n) is 5.12. The first-order valence-corrected chi connectivity index (χ1v) is 12.2. The van der Waals surface area contributed by atoms with Crippen LogP contribution >= 0.6 is 0 Å². The topological polar surface area (TPSA) is 38.7 Å². The van der Waals surface area contributed by atoms with Gasteiger partial charge in [-0.1, -0.05) is 34.6 Å². The second-order valence-electron chi connectivity index (χ2n) is 10.7. The van der Waals surface area contributed by atoms with Crippen molar-refractivity contribution < 1.29 is 14.3 Å². The van der Waals surface area contributed by atoms with Crippen molar-refractivity contribution >= 4 is 8.32 Å². The standard InChI is InChI=1S/C19H36O3Si/c1-17(2,3)23(7,8)22-12-9-14-13-11-18(4,5)16(20)15(13)19(6,10-12)21-14/h12-16,20H,9-11H2,1-8H3/t12-,13+,14+,15-,16-,19-/m1/s1. The first-order valence-electron chi connectivity index (χ1n) is 9.31. The molecule has 3 nitrogen and oxygen atoms in total. The van der Waals surface area contributed by atoms with Crippen LogP contribution in [0.3, 0.4) is 0 Å². The molecule has 0 spiro atoms. The number of ether oxygens (including phenoxy) is 1. The van der Waals surface area contributed by atoms with Gasteiger partial charge >= 0.3 is 0 Å². The number of aliphatic hydroxyl groups excluding tert-OH is 1. The van der Waals surface area contributed by atoms with Crippen molar-refractivity contribution in [3.05, 3.63) is 0 Å². The van der Waals surface area contributed by atoms with E-state index >= 15 is 0 Å². The fourth-order valence-corrected chi connectivity index (χ4v) is 6.49. The van der Waals surface area contributed by atoms with E-state index in [4.69, 9.17) is 9.16 Å². The Kier molecular flexibility index (Phi) is 3.94. The number of aliphatic hydroxyl groups is 1. The zero-order chi connectivity index (χ0) is 17.4. The molecule has 3 aliphatic rings. The van der Waals surface area contributed by atoms with Gasteiger partial charge in [-0.25, -0.2) is 0 Å². The Balaban J connectivity index is 1.79. The molecule has 4 heteroatoms. The molecular weight excluding hydrogens is 304 g/mol. The Bertz CT molecular complexity index is 481. The second-order valence-corrected chi connectivity index (χ2v) is 15.5. The van der Waals surface area contributed by atoms with E-state index in [0.717, 1.165) is 19.3 Å². The Morgan fingerprint density at radius 3 is 2.30 bits per heavy atom. The Hall–Kier alpha value is 0.0969. The van der Waals surface area contributed by atoms with Gasteiger partial charge in [-0.2, -0.15) is 0 Å². The summed E-state index contributed by atoms with van der Waals surface area (Å²) < 4.78 is 13.1. The molecule has 1 N–H and O–H groups in total. The third kappa shape index (κ3) is 2.74. The van der Waals surface area contributed by atoms with Gasteiger partial charge in [-0.3, -0.25) is 0 Å². The lowest BCUT2D eigenvalue weighted by Crippen LogP contribution is -2.51. The first-order chi connectivity index (χ1) is 10.3. The molecule has 1 saturated carbocycles. The molecule has 0 amide bonds. The number of rotatable bonds is 2. The summed E-state index contributed by atoms with van der Waals surface area (Å²) in [6, 6.07) is 0. The largest absolute Gasteiger partial charge is 0.414 e. The van der Waals surface area contributed by atoms with Crippen LogP contribution < -0.4 is 0 Å². The maximum atomic E-state index is 10.9. The van der Waals surface area contributed by atoms with Crippen molar-refractivity contribution in [1.29, 1.82) is 0 Å². The molecule has 0 aromatic rings. The van der Waals surface area contributed by atoms with Crippen molar-refractivity contribution in [3.8, 4) is 0 Å². The van der Waals surface area contributed by atoms with Crippen molar-refractivity contribution in [1.82, 2.24) is 0 Å². The zero-order valence-electron chi connectivity index (χ0n) is 16.3. The predicted octanol–water partition coefficient (Wildman–Crippen LogP) is 4.35. The smallest absolute Gasteiger partial charge is 0.192 e. The molecule has 0 aromatic heterocycles. The van der Waals surface area contributed by atoms with E-state index in [2.05, 4.69) is 54.6 Å². The highest BCUT2D eigenvalue weighted by molar-refractivity contribution is 6.74. The SMILES string of the molecule is CC1(C)C[C@@H]2[C@H]([C@H]1O)[C@@]1(C)C[C@H](O[Si](C)(C)C(C)(C)C)C[C@@H]2O1. The van der Waals surface area contributed by atoms with Gasteiger partial charge in [0.2, 0.25) is 0 Å². The molecule has 2 saturated heterocycles. The van der Waals surface area contributed by atoms with Crippen LogP contribution in [0.2, 0.25) is 18.1 Å². The average molecular weight is 341 g/mol. The lowest BCUT2D eigenvalue weighted by molar-refractivity contribution is -0.142. The van der Waals surface area contributed by atoms with Crippen LogP contribution in [0.1, 0.15) is 60.8 Å². The molecule has 3 fully saturated rings. The van der Waals surface area contributed by atoms with E-state index in [1.165, 1.54) is 0 Å². The summed E-state index contributed by atoms with van der Waals surface area (Å²) in [5.74, 6) is 0.772. The summed E-state index contributed by atoms with van der Waals surface area (Å²) in [5, 5.41) is 11.1. The minimum atomic E-state index is -1.76. The Morgan fingerprint density at radius 1 is 1.13 bits per heavy atom. The molecule has 2 heterocycles. The van der Waals surface area contributed by atoms with Gasteiger partial charge in [-0.15, -0.1) is 0 Å². The van der Waals surface area contributed by atoms with E-state index in [0.29, 0.717) is 12.0 Å². The van der Waals surface area contributed by atoms with E-state index in [-0.39, 0.29) is 34.2 Å². The van der Waals surface area contributed by atoms with Gasteiger partial charge in [0.1, 0.15) is 0 Å². The van der Waals surface area contributed by atoms with Crippen molar-refractivity contribution in [2.75, 3.05) is 0 Å². The molecule has 6 atom stereocenters. The number of fused-ring (bicyclic) bond motifs is 5. The maximum absolute atomic E-state index is 10.9. The molecule has 0 aromatic carbocycles. The normalized spacial score (nSPS) is 46.0. The highest BCUT2D eigenvalue weighted by atomic mass is 28.4. The quantitative estimate of drug-likeness (QED) is 0.760. The second kappa shape index (κ2) is 5.06. The molecule has 3 rings (SSSR count). The van der Waals surface area contributed by atoms with Gasteiger partial charge in [0.25, 0.3) is 0 Å². The Labute approximate surface area is 143 Å². The van der Waals surface area contributed by atoms with Crippen LogP contribution in [0.4, 0.5) is 0 Å². The summed E-state index contributed by atoms with van der Waals surface area (Å²) in [4.78, 5) is 0. The van der Waals surface area contributed by atoms with Gasteiger partial charge in [0.15, 0.2) is 8.32 Å². The molecule has 23 heavy (non-hydrogen) atoms. The summed E-state index contributed by atoms with van der Waals surface area (Å²) in [6.07, 6.45) is 3.32. The first kappa shape index (κ1) is 17.9. The minimum absolute atomic E-state index is 0.0196. The summed E-state index contributed by atoms with van der Waals surface area (Å²) in [7, 11) is -1.76. The highest BCUT2D eigenvalue weighted by Crippen LogP contribution is 2.61. The summed E-state index contributed by atoms with van der Waals surface area (Å²) >= 11 is 0. The minimum Gasteiger partial charge on any atom is -0.414 e. The van der Waals surface area contributed by atoms with Crippen molar-refractivity contribution in [2.24, 2.45) is 17.3 Å².